The molecular formula is C12H17O2. The first-order valence-corrected chi connectivity index (χ1v) is 4.69. The zero-order valence-corrected chi connectivity index (χ0v) is 9.13. The van der Waals surface area contributed by atoms with E-state index in [1.165, 1.54) is 0 Å². The van der Waals surface area contributed by atoms with Gasteiger partial charge in [-0.15, -0.1) is 0 Å². The van der Waals surface area contributed by atoms with Gasteiger partial charge in [0, 0.05) is 0 Å². The highest BCUT2D eigenvalue weighted by Gasteiger charge is 2.21. The van der Waals surface area contributed by atoms with E-state index >= 15 is 0 Å². The second-order valence-electron chi connectivity index (χ2n) is 4.60. The first-order valence-electron chi connectivity index (χ1n) is 4.69. The zero-order chi connectivity index (χ0) is 11.0. The van der Waals surface area contributed by atoms with Gasteiger partial charge in [-0.2, -0.15) is 0 Å². The van der Waals surface area contributed by atoms with Crippen LogP contribution in [-0.4, -0.2) is 10.2 Å². The Kier molecular flexibility index (Phi) is 2.70. The number of benzene rings is 1. The van der Waals surface area contributed by atoms with Crippen LogP contribution in [0.25, 0.3) is 0 Å². The molecule has 0 saturated heterocycles. The van der Waals surface area contributed by atoms with Crippen LogP contribution in [0.3, 0.4) is 0 Å². The third-order valence-electron chi connectivity index (χ3n) is 2.11. The average molecular weight is 193 g/mol. The Morgan fingerprint density at radius 3 is 1.57 bits per heavy atom. The molecule has 14 heavy (non-hydrogen) atoms. The SMILES string of the molecule is CC(C)(O)c1[c]c(C(C)(C)O)ccc1. The van der Waals surface area contributed by atoms with E-state index in [-0.39, 0.29) is 0 Å². The van der Waals surface area contributed by atoms with E-state index in [0.717, 1.165) is 0 Å². The number of hydrogen-bond acceptors (Lipinski definition) is 2. The third-order valence-corrected chi connectivity index (χ3v) is 2.11. The largest absolute Gasteiger partial charge is 0.386 e. The highest BCUT2D eigenvalue weighted by Crippen LogP contribution is 2.25. The van der Waals surface area contributed by atoms with Gasteiger partial charge in [-0.1, -0.05) is 18.2 Å². The van der Waals surface area contributed by atoms with Crippen molar-refractivity contribution in [2.45, 2.75) is 38.9 Å². The quantitative estimate of drug-likeness (QED) is 0.753. The van der Waals surface area contributed by atoms with Crippen LogP contribution in [0, 0.1) is 6.07 Å². The van der Waals surface area contributed by atoms with Crippen LogP contribution in [0.5, 0.6) is 0 Å². The second kappa shape index (κ2) is 3.37. The number of aliphatic hydroxyl groups is 2. The minimum absolute atomic E-state index is 0.692. The predicted octanol–water partition coefficient (Wildman–Crippen LogP) is 1.94. The lowest BCUT2D eigenvalue weighted by Crippen LogP contribution is -2.20. The summed E-state index contributed by atoms with van der Waals surface area (Å²) < 4.78 is 0. The lowest BCUT2D eigenvalue weighted by atomic mass is 9.91. The van der Waals surface area contributed by atoms with Gasteiger partial charge in [0.2, 0.25) is 0 Å². The third kappa shape index (κ3) is 2.56. The molecule has 0 aliphatic rings. The number of hydrogen-bond donors (Lipinski definition) is 2. The van der Waals surface area contributed by atoms with Crippen molar-refractivity contribution in [3.8, 4) is 0 Å². The van der Waals surface area contributed by atoms with Crippen LogP contribution < -0.4 is 0 Å². The molecule has 0 spiro atoms. The van der Waals surface area contributed by atoms with Gasteiger partial charge in [-0.3, -0.25) is 0 Å². The van der Waals surface area contributed by atoms with Gasteiger partial charge in [0.05, 0.1) is 11.2 Å². The van der Waals surface area contributed by atoms with Crippen molar-refractivity contribution in [1.29, 1.82) is 0 Å². The van der Waals surface area contributed by atoms with Crippen molar-refractivity contribution < 1.29 is 10.2 Å². The molecule has 1 radical (unpaired) electrons. The lowest BCUT2D eigenvalue weighted by molar-refractivity contribution is 0.0712. The summed E-state index contributed by atoms with van der Waals surface area (Å²) in [5, 5.41) is 19.5. The maximum Gasteiger partial charge on any atom is 0.0846 e. The maximum atomic E-state index is 9.77. The molecule has 77 valence electrons. The van der Waals surface area contributed by atoms with Crippen LogP contribution in [0.4, 0.5) is 0 Å². The van der Waals surface area contributed by atoms with Crippen molar-refractivity contribution in [2.75, 3.05) is 0 Å². The van der Waals surface area contributed by atoms with Gasteiger partial charge in [0.25, 0.3) is 0 Å². The topological polar surface area (TPSA) is 40.5 Å². The standard InChI is InChI=1S/C12H17O2/c1-11(2,13)9-6-5-7-10(8-9)12(3,4)14/h5-7,13-14H,1-4H3. The molecule has 2 heteroatoms. The molecule has 1 rings (SSSR count). The molecule has 0 fully saturated rings. The van der Waals surface area contributed by atoms with Gasteiger partial charge in [0.1, 0.15) is 0 Å². The molecule has 2 nitrogen and oxygen atoms in total. The fourth-order valence-electron chi connectivity index (χ4n) is 1.18. The predicted molar refractivity (Wildman–Crippen MR) is 55.8 cm³/mol. The molecule has 0 saturated carbocycles. The van der Waals surface area contributed by atoms with Crippen molar-refractivity contribution >= 4 is 0 Å². The smallest absolute Gasteiger partial charge is 0.0846 e. The van der Waals surface area contributed by atoms with E-state index in [1.54, 1.807) is 39.8 Å². The van der Waals surface area contributed by atoms with Gasteiger partial charge >= 0.3 is 0 Å². The van der Waals surface area contributed by atoms with Gasteiger partial charge in [0.15, 0.2) is 0 Å². The molecule has 0 aliphatic carbocycles. The van der Waals surface area contributed by atoms with Crippen molar-refractivity contribution in [1.82, 2.24) is 0 Å². The van der Waals surface area contributed by atoms with Gasteiger partial charge in [-0.25, -0.2) is 0 Å². The maximum absolute atomic E-state index is 9.77. The summed E-state index contributed by atoms with van der Waals surface area (Å²) in [6.45, 7) is 6.81. The molecule has 2 N–H and O–H groups in total. The van der Waals surface area contributed by atoms with Crippen molar-refractivity contribution in [3.63, 3.8) is 0 Å². The first-order chi connectivity index (χ1) is 6.21. The van der Waals surface area contributed by atoms with Gasteiger partial charge < -0.3 is 10.2 Å². The molecule has 0 heterocycles. The molecule has 0 unspecified atom stereocenters. The molecule has 0 aliphatic heterocycles. The Hall–Kier alpha value is -0.860. The normalized spacial score (nSPS) is 13.0. The summed E-state index contributed by atoms with van der Waals surface area (Å²) in [6.07, 6.45) is 0. The Morgan fingerprint density at radius 1 is 0.929 bits per heavy atom. The zero-order valence-electron chi connectivity index (χ0n) is 9.13. The Bertz CT molecular complexity index is 287. The summed E-state index contributed by atoms with van der Waals surface area (Å²) in [5.41, 5.74) is -0.447. The van der Waals surface area contributed by atoms with E-state index in [4.69, 9.17) is 0 Å². The van der Waals surface area contributed by atoms with E-state index in [2.05, 4.69) is 6.07 Å². The minimum atomic E-state index is -0.915. The summed E-state index contributed by atoms with van der Waals surface area (Å²) >= 11 is 0. The highest BCUT2D eigenvalue weighted by molar-refractivity contribution is 5.28. The van der Waals surface area contributed by atoms with E-state index < -0.39 is 11.2 Å². The fraction of sp³-hybridized carbons (Fsp3) is 0.500. The van der Waals surface area contributed by atoms with Crippen LogP contribution in [0.2, 0.25) is 0 Å². The first kappa shape index (κ1) is 11.2. The fourth-order valence-corrected chi connectivity index (χ4v) is 1.18. The van der Waals surface area contributed by atoms with Crippen molar-refractivity contribution in [3.05, 3.63) is 35.4 Å². The van der Waals surface area contributed by atoms with E-state index in [1.807, 2.05) is 6.07 Å². The number of rotatable bonds is 2. The Morgan fingerprint density at radius 2 is 1.29 bits per heavy atom. The van der Waals surface area contributed by atoms with Crippen LogP contribution in [0.1, 0.15) is 38.8 Å². The molecule has 0 atom stereocenters. The summed E-state index contributed by atoms with van der Waals surface area (Å²) in [4.78, 5) is 0. The molecule has 1 aromatic rings. The van der Waals surface area contributed by atoms with Crippen LogP contribution in [0.15, 0.2) is 18.2 Å². The van der Waals surface area contributed by atoms with Crippen LogP contribution in [-0.2, 0) is 11.2 Å². The minimum Gasteiger partial charge on any atom is -0.386 e. The summed E-state index contributed by atoms with van der Waals surface area (Å²) in [7, 11) is 0. The van der Waals surface area contributed by atoms with Crippen molar-refractivity contribution in [2.24, 2.45) is 0 Å². The molecule has 1 aromatic carbocycles. The Balaban J connectivity index is 3.15. The second-order valence-corrected chi connectivity index (χ2v) is 4.60. The summed E-state index contributed by atoms with van der Waals surface area (Å²) in [6, 6.07) is 8.44. The van der Waals surface area contributed by atoms with E-state index in [0.29, 0.717) is 11.1 Å². The van der Waals surface area contributed by atoms with Gasteiger partial charge in [-0.05, 0) is 44.9 Å². The van der Waals surface area contributed by atoms with E-state index in [9.17, 15) is 10.2 Å². The molecule has 0 aromatic heterocycles. The van der Waals surface area contributed by atoms with Crippen LogP contribution >= 0.6 is 0 Å². The summed E-state index contributed by atoms with van der Waals surface area (Å²) in [5.74, 6) is 0. The molecule has 0 amide bonds. The average Bonchev–Trinajstić information content (AvgIpc) is 2.01. The highest BCUT2D eigenvalue weighted by atomic mass is 16.3. The molecular weight excluding hydrogens is 176 g/mol. The Labute approximate surface area is 85.2 Å². The molecule has 0 bridgehead atoms. The monoisotopic (exact) mass is 193 g/mol. The lowest BCUT2D eigenvalue weighted by Gasteiger charge is -2.22.